The molecule has 0 aliphatic heterocycles. The Hall–Kier alpha value is -4.01. The summed E-state index contributed by atoms with van der Waals surface area (Å²) in [5.74, 6) is -2.59. The molecular formula is C21H19FN4O4. The van der Waals surface area contributed by atoms with Gasteiger partial charge >= 0.3 is 5.97 Å². The van der Waals surface area contributed by atoms with Gasteiger partial charge in [0.2, 0.25) is 0 Å². The van der Waals surface area contributed by atoms with Crippen LogP contribution in [0, 0.1) is 12.7 Å². The van der Waals surface area contributed by atoms with E-state index < -0.39 is 23.6 Å². The monoisotopic (exact) mass is 410 g/mol. The van der Waals surface area contributed by atoms with Gasteiger partial charge in [0.1, 0.15) is 11.4 Å². The highest BCUT2D eigenvalue weighted by molar-refractivity contribution is 6.05. The van der Waals surface area contributed by atoms with Crippen molar-refractivity contribution < 1.29 is 23.5 Å². The van der Waals surface area contributed by atoms with Gasteiger partial charge in [0.05, 0.1) is 29.7 Å². The van der Waals surface area contributed by atoms with Crippen molar-refractivity contribution in [2.24, 2.45) is 5.73 Å². The lowest BCUT2D eigenvalue weighted by atomic mass is 10.1. The van der Waals surface area contributed by atoms with Crippen molar-refractivity contribution in [3.05, 3.63) is 76.9 Å². The molecule has 2 amide bonds. The number of nitrogens with two attached hydrogens (primary N) is 1. The topological polar surface area (TPSA) is 116 Å². The first-order chi connectivity index (χ1) is 14.3. The number of halogens is 1. The van der Waals surface area contributed by atoms with Crippen LogP contribution in [0.5, 0.6) is 0 Å². The second-order valence-electron chi connectivity index (χ2n) is 6.34. The van der Waals surface area contributed by atoms with Gasteiger partial charge in [0.15, 0.2) is 0 Å². The van der Waals surface area contributed by atoms with Gasteiger partial charge in [0.25, 0.3) is 11.8 Å². The molecule has 0 saturated heterocycles. The average Bonchev–Trinajstić information content (AvgIpc) is 3.11. The van der Waals surface area contributed by atoms with E-state index in [1.807, 2.05) is 0 Å². The van der Waals surface area contributed by atoms with Crippen LogP contribution >= 0.6 is 0 Å². The van der Waals surface area contributed by atoms with Crippen molar-refractivity contribution >= 4 is 23.5 Å². The number of benzene rings is 2. The fourth-order valence-corrected chi connectivity index (χ4v) is 2.83. The minimum Gasteiger partial charge on any atom is -0.462 e. The summed E-state index contributed by atoms with van der Waals surface area (Å²) in [6, 6.07) is 10.1. The Labute approximate surface area is 171 Å². The number of ether oxygens (including phenoxy) is 1. The fraction of sp³-hybridized carbons (Fsp3) is 0.143. The highest BCUT2D eigenvalue weighted by Gasteiger charge is 2.16. The highest BCUT2D eigenvalue weighted by Crippen LogP contribution is 2.18. The molecule has 3 aromatic rings. The molecule has 0 spiro atoms. The SMILES string of the molecule is CCOC(=O)c1cnn(-c2ccc(C(=O)Nc3ccc(F)c(C(N)=O)c3)cc2)c1C. The van der Waals surface area contributed by atoms with Crippen LogP contribution < -0.4 is 11.1 Å². The van der Waals surface area contributed by atoms with Crippen LogP contribution in [-0.4, -0.2) is 34.2 Å². The second-order valence-corrected chi connectivity index (χ2v) is 6.34. The summed E-state index contributed by atoms with van der Waals surface area (Å²) in [5, 5.41) is 6.79. The van der Waals surface area contributed by atoms with E-state index in [4.69, 9.17) is 10.5 Å². The van der Waals surface area contributed by atoms with Crippen molar-refractivity contribution in [3.63, 3.8) is 0 Å². The minimum absolute atomic E-state index is 0.237. The van der Waals surface area contributed by atoms with Gasteiger partial charge in [-0.15, -0.1) is 0 Å². The van der Waals surface area contributed by atoms with Crippen LogP contribution in [0.4, 0.5) is 10.1 Å². The number of primary amides is 1. The van der Waals surface area contributed by atoms with E-state index >= 15 is 0 Å². The molecule has 154 valence electrons. The number of nitrogens with one attached hydrogen (secondary N) is 1. The molecule has 1 heterocycles. The molecule has 0 saturated carbocycles. The van der Waals surface area contributed by atoms with Crippen LogP contribution in [0.1, 0.15) is 43.7 Å². The Morgan fingerprint density at radius 2 is 1.83 bits per heavy atom. The molecule has 0 radical (unpaired) electrons. The lowest BCUT2D eigenvalue weighted by molar-refractivity contribution is 0.0525. The van der Waals surface area contributed by atoms with Gasteiger partial charge in [-0.1, -0.05) is 0 Å². The summed E-state index contributed by atoms with van der Waals surface area (Å²) >= 11 is 0. The Bertz CT molecular complexity index is 1120. The first-order valence-electron chi connectivity index (χ1n) is 9.04. The van der Waals surface area contributed by atoms with E-state index in [0.29, 0.717) is 22.5 Å². The van der Waals surface area contributed by atoms with Crippen LogP contribution in [0.2, 0.25) is 0 Å². The number of rotatable bonds is 6. The lowest BCUT2D eigenvalue weighted by Gasteiger charge is -2.09. The summed E-state index contributed by atoms with van der Waals surface area (Å²) in [7, 11) is 0. The average molecular weight is 410 g/mol. The molecule has 3 rings (SSSR count). The molecule has 9 heteroatoms. The lowest BCUT2D eigenvalue weighted by Crippen LogP contribution is -2.16. The third kappa shape index (κ3) is 4.19. The molecule has 0 aliphatic rings. The van der Waals surface area contributed by atoms with Crippen LogP contribution in [-0.2, 0) is 4.74 Å². The maximum Gasteiger partial charge on any atom is 0.341 e. The first-order valence-corrected chi connectivity index (χ1v) is 9.04. The molecule has 3 N–H and O–H groups in total. The van der Waals surface area contributed by atoms with Crippen molar-refractivity contribution in [1.82, 2.24) is 9.78 Å². The van der Waals surface area contributed by atoms with Gasteiger partial charge in [0, 0.05) is 11.3 Å². The number of esters is 1. The van der Waals surface area contributed by atoms with E-state index in [2.05, 4.69) is 10.4 Å². The number of aromatic nitrogens is 2. The first kappa shape index (κ1) is 20.7. The summed E-state index contributed by atoms with van der Waals surface area (Å²) in [5.41, 5.74) is 7.00. The highest BCUT2D eigenvalue weighted by atomic mass is 19.1. The third-order valence-corrected chi connectivity index (χ3v) is 4.37. The third-order valence-electron chi connectivity index (χ3n) is 4.37. The zero-order valence-electron chi connectivity index (χ0n) is 16.3. The molecule has 1 aromatic heterocycles. The summed E-state index contributed by atoms with van der Waals surface area (Å²) < 4.78 is 20.1. The van der Waals surface area contributed by atoms with Gasteiger partial charge < -0.3 is 15.8 Å². The smallest absolute Gasteiger partial charge is 0.341 e. The molecular weight excluding hydrogens is 391 g/mol. The molecule has 0 aliphatic carbocycles. The van der Waals surface area contributed by atoms with Crippen LogP contribution in [0.3, 0.4) is 0 Å². The van der Waals surface area contributed by atoms with Crippen molar-refractivity contribution in [2.45, 2.75) is 13.8 Å². The Morgan fingerprint density at radius 3 is 2.47 bits per heavy atom. The number of carbonyl (C=O) groups is 3. The molecule has 0 fully saturated rings. The predicted octanol–water partition coefficient (Wildman–Crippen LogP) is 2.85. The van der Waals surface area contributed by atoms with Gasteiger partial charge in [-0.05, 0) is 56.3 Å². The Morgan fingerprint density at radius 1 is 1.13 bits per heavy atom. The maximum atomic E-state index is 13.6. The Balaban J connectivity index is 1.78. The van der Waals surface area contributed by atoms with E-state index in [1.165, 1.54) is 18.3 Å². The number of anilines is 1. The number of hydrogen-bond acceptors (Lipinski definition) is 5. The van der Waals surface area contributed by atoms with Gasteiger partial charge in [-0.2, -0.15) is 5.10 Å². The molecule has 2 aromatic carbocycles. The predicted molar refractivity (Wildman–Crippen MR) is 107 cm³/mol. The van der Waals surface area contributed by atoms with Crippen LogP contribution in [0.15, 0.2) is 48.7 Å². The van der Waals surface area contributed by atoms with Crippen molar-refractivity contribution in [3.8, 4) is 5.69 Å². The van der Waals surface area contributed by atoms with E-state index in [0.717, 1.165) is 6.07 Å². The van der Waals surface area contributed by atoms with Crippen LogP contribution in [0.25, 0.3) is 5.69 Å². The van der Waals surface area contributed by atoms with Crippen molar-refractivity contribution in [2.75, 3.05) is 11.9 Å². The molecule has 30 heavy (non-hydrogen) atoms. The summed E-state index contributed by atoms with van der Waals surface area (Å²) in [6.45, 7) is 3.73. The molecule has 8 nitrogen and oxygen atoms in total. The minimum atomic E-state index is -0.926. The summed E-state index contributed by atoms with van der Waals surface area (Å²) in [6.07, 6.45) is 1.43. The zero-order valence-corrected chi connectivity index (χ0v) is 16.3. The summed E-state index contributed by atoms with van der Waals surface area (Å²) in [4.78, 5) is 35.6. The normalized spacial score (nSPS) is 10.5. The van der Waals surface area contributed by atoms with Gasteiger partial charge in [-0.3, -0.25) is 9.59 Å². The number of amides is 2. The molecule has 0 unspecified atom stereocenters. The number of hydrogen-bond donors (Lipinski definition) is 2. The van der Waals surface area contributed by atoms with Gasteiger partial charge in [-0.25, -0.2) is 13.9 Å². The Kier molecular flexibility index (Phi) is 5.91. The van der Waals surface area contributed by atoms with E-state index in [1.54, 1.807) is 42.8 Å². The van der Waals surface area contributed by atoms with E-state index in [-0.39, 0.29) is 17.9 Å². The largest absolute Gasteiger partial charge is 0.462 e. The zero-order chi connectivity index (χ0) is 21.8. The maximum absolute atomic E-state index is 13.6. The van der Waals surface area contributed by atoms with Crippen molar-refractivity contribution in [1.29, 1.82) is 0 Å². The standard InChI is InChI=1S/C21H19FN4O4/c1-3-30-21(29)17-11-24-26(12(17)2)15-7-4-13(5-8-15)20(28)25-14-6-9-18(22)16(10-14)19(23)27/h4-11H,3H2,1-2H3,(H2,23,27)(H,25,28). The molecule has 0 atom stereocenters. The van der Waals surface area contributed by atoms with E-state index in [9.17, 15) is 18.8 Å². The second kappa shape index (κ2) is 8.56. The molecule has 0 bridgehead atoms. The fourth-order valence-electron chi connectivity index (χ4n) is 2.83. The number of nitrogens with zero attached hydrogens (tertiary/aromatic N) is 2. The quantitative estimate of drug-likeness (QED) is 0.606. The number of carbonyl (C=O) groups excluding carboxylic acids is 3.